The number of aryl methyl sites for hydroxylation is 3. The molecule has 2 aromatic carbocycles. The first-order chi connectivity index (χ1) is 12.5. The van der Waals surface area contributed by atoms with Gasteiger partial charge in [-0.3, -0.25) is 4.79 Å². The maximum absolute atomic E-state index is 12.3. The topological polar surface area (TPSA) is 34.4 Å². The first kappa shape index (κ1) is 19.2. The van der Waals surface area contributed by atoms with Crippen molar-refractivity contribution >= 4 is 50.8 Å². The third-order valence-electron chi connectivity index (χ3n) is 4.23. The Bertz CT molecular complexity index is 1000. The van der Waals surface area contributed by atoms with Gasteiger partial charge in [-0.25, -0.2) is 0 Å². The van der Waals surface area contributed by atoms with Gasteiger partial charge < -0.3 is 4.57 Å². The van der Waals surface area contributed by atoms with Gasteiger partial charge in [0.15, 0.2) is 4.80 Å². The van der Waals surface area contributed by atoms with E-state index in [0.29, 0.717) is 12.2 Å². The molecule has 0 unspecified atom stereocenters. The van der Waals surface area contributed by atoms with E-state index in [1.165, 1.54) is 15.8 Å². The lowest BCUT2D eigenvalue weighted by atomic mass is 10.1. The largest absolute Gasteiger partial charge is 0.317 e. The van der Waals surface area contributed by atoms with E-state index in [4.69, 9.17) is 11.6 Å². The summed E-state index contributed by atoms with van der Waals surface area (Å²) in [5.74, 6) is 0.632. The van der Waals surface area contributed by atoms with Crippen molar-refractivity contribution in [2.45, 2.75) is 38.6 Å². The third-order valence-corrected chi connectivity index (χ3v) is 6.54. The summed E-state index contributed by atoms with van der Waals surface area (Å²) in [5, 5.41) is 0.722. The number of amides is 1. The number of rotatable bonds is 5. The van der Waals surface area contributed by atoms with Gasteiger partial charge >= 0.3 is 0 Å². The molecule has 3 nitrogen and oxygen atoms in total. The number of hydrogen-bond donors (Lipinski definition) is 0. The van der Waals surface area contributed by atoms with Crippen molar-refractivity contribution in [3.63, 3.8) is 0 Å². The number of carbonyl (C=O) groups is 1. The first-order valence-electron chi connectivity index (χ1n) is 8.54. The van der Waals surface area contributed by atoms with Crippen molar-refractivity contribution < 1.29 is 4.79 Å². The number of halogens is 1. The number of benzene rings is 2. The van der Waals surface area contributed by atoms with E-state index >= 15 is 0 Å². The highest BCUT2D eigenvalue weighted by Crippen LogP contribution is 2.23. The highest BCUT2D eigenvalue weighted by atomic mass is 35.5. The first-order valence-corrected chi connectivity index (χ1v) is 10.7. The minimum absolute atomic E-state index is 0.0753. The van der Waals surface area contributed by atoms with Crippen molar-refractivity contribution in [3.8, 4) is 0 Å². The molecule has 3 aromatic rings. The Morgan fingerprint density at radius 2 is 1.88 bits per heavy atom. The number of carbonyl (C=O) groups excluding carboxylic acids is 1. The Balaban J connectivity index is 1.76. The molecular weight excluding hydrogens is 384 g/mol. The molecule has 0 bridgehead atoms. The summed E-state index contributed by atoms with van der Waals surface area (Å²) in [7, 11) is 0. The van der Waals surface area contributed by atoms with Crippen LogP contribution in [0.2, 0.25) is 5.02 Å². The molecule has 1 amide bonds. The minimum Gasteiger partial charge on any atom is -0.317 e. The molecule has 0 atom stereocenters. The van der Waals surface area contributed by atoms with Crippen LogP contribution in [0.3, 0.4) is 0 Å². The number of thioether (sulfide) groups is 1. The van der Waals surface area contributed by atoms with Crippen LogP contribution in [0.1, 0.15) is 24.5 Å². The summed E-state index contributed by atoms with van der Waals surface area (Å²) < 4.78 is 3.30. The normalized spacial score (nSPS) is 12.1. The van der Waals surface area contributed by atoms with Gasteiger partial charge in [-0.2, -0.15) is 4.99 Å². The minimum atomic E-state index is -0.0753. The molecule has 0 aliphatic heterocycles. The fraction of sp³-hybridized carbons (Fsp3) is 0.300. The molecule has 26 heavy (non-hydrogen) atoms. The summed E-state index contributed by atoms with van der Waals surface area (Å²) >= 11 is 9.12. The van der Waals surface area contributed by atoms with Crippen LogP contribution in [0.5, 0.6) is 0 Å². The average Bonchev–Trinajstić information content (AvgIpc) is 2.93. The molecule has 0 fully saturated rings. The number of aromatic nitrogens is 1. The second-order valence-electron chi connectivity index (χ2n) is 6.09. The van der Waals surface area contributed by atoms with Gasteiger partial charge in [-0.1, -0.05) is 22.9 Å². The molecule has 3 rings (SSSR count). The molecule has 0 saturated heterocycles. The predicted octanol–water partition coefficient (Wildman–Crippen LogP) is 5.60. The smallest absolute Gasteiger partial charge is 0.249 e. The summed E-state index contributed by atoms with van der Waals surface area (Å²) in [4.78, 5) is 18.6. The van der Waals surface area contributed by atoms with E-state index in [1.807, 2.05) is 24.3 Å². The van der Waals surface area contributed by atoms with Gasteiger partial charge in [0.25, 0.3) is 0 Å². The lowest BCUT2D eigenvalue weighted by Crippen LogP contribution is -2.16. The quantitative estimate of drug-likeness (QED) is 0.518. The lowest BCUT2D eigenvalue weighted by Gasteiger charge is -2.03. The number of nitrogens with zero attached hydrogens (tertiary/aromatic N) is 2. The fourth-order valence-corrected chi connectivity index (χ4v) is 4.82. The molecule has 0 saturated carbocycles. The predicted molar refractivity (Wildman–Crippen MR) is 112 cm³/mol. The van der Waals surface area contributed by atoms with Crippen LogP contribution in [0.15, 0.2) is 46.3 Å². The second-order valence-corrected chi connectivity index (χ2v) is 8.70. The summed E-state index contributed by atoms with van der Waals surface area (Å²) in [5.41, 5.74) is 3.68. The summed E-state index contributed by atoms with van der Waals surface area (Å²) in [6, 6.07) is 12.0. The van der Waals surface area contributed by atoms with Crippen LogP contribution in [0, 0.1) is 13.8 Å². The molecule has 0 radical (unpaired) electrons. The number of thiazole rings is 1. The molecule has 0 aliphatic carbocycles. The molecule has 0 N–H and O–H groups in total. The molecule has 1 heterocycles. The standard InChI is InChI=1S/C20H21ClN2OS2/c1-4-23-17-11-13(2)14(3)12-18(17)26-20(23)22-19(24)9-10-25-16-7-5-15(21)6-8-16/h5-8,11-12H,4,9-10H2,1-3H3. The highest BCUT2D eigenvalue weighted by molar-refractivity contribution is 7.99. The van der Waals surface area contributed by atoms with Crippen LogP contribution in [-0.4, -0.2) is 16.2 Å². The number of hydrogen-bond acceptors (Lipinski definition) is 3. The Labute approximate surface area is 166 Å². The molecule has 0 aliphatic rings. The zero-order valence-corrected chi connectivity index (χ0v) is 17.5. The molecule has 1 aromatic heterocycles. The van der Waals surface area contributed by atoms with E-state index in [0.717, 1.165) is 26.8 Å². The van der Waals surface area contributed by atoms with E-state index in [-0.39, 0.29) is 5.91 Å². The number of fused-ring (bicyclic) bond motifs is 1. The van der Waals surface area contributed by atoms with Gasteiger partial charge in [0.1, 0.15) is 0 Å². The van der Waals surface area contributed by atoms with Crippen LogP contribution in [0.25, 0.3) is 10.2 Å². The van der Waals surface area contributed by atoms with Gasteiger partial charge in [-0.05, 0) is 68.3 Å². The highest BCUT2D eigenvalue weighted by Gasteiger charge is 2.09. The SMILES string of the molecule is CCn1c(=NC(=O)CCSc2ccc(Cl)cc2)sc2cc(C)c(C)cc21. The van der Waals surface area contributed by atoms with Crippen molar-refractivity contribution in [2.24, 2.45) is 4.99 Å². The third kappa shape index (κ3) is 4.40. The van der Waals surface area contributed by atoms with Gasteiger partial charge in [0.05, 0.1) is 10.2 Å². The van der Waals surface area contributed by atoms with Crippen LogP contribution in [0.4, 0.5) is 0 Å². The average molecular weight is 405 g/mol. The second kappa shape index (κ2) is 8.42. The maximum atomic E-state index is 12.3. The zero-order valence-electron chi connectivity index (χ0n) is 15.1. The van der Waals surface area contributed by atoms with Crippen molar-refractivity contribution in [1.29, 1.82) is 0 Å². The van der Waals surface area contributed by atoms with Crippen molar-refractivity contribution in [3.05, 3.63) is 57.3 Å². The fourth-order valence-electron chi connectivity index (χ4n) is 2.66. The van der Waals surface area contributed by atoms with Gasteiger partial charge in [0.2, 0.25) is 5.91 Å². The Hall–Kier alpha value is -1.56. The van der Waals surface area contributed by atoms with Gasteiger partial charge in [-0.15, -0.1) is 11.8 Å². The zero-order chi connectivity index (χ0) is 18.7. The monoisotopic (exact) mass is 404 g/mol. The van der Waals surface area contributed by atoms with Crippen LogP contribution >= 0.6 is 34.7 Å². The molecule has 6 heteroatoms. The van der Waals surface area contributed by atoms with Gasteiger partial charge in [0, 0.05) is 28.6 Å². The van der Waals surface area contributed by atoms with Crippen LogP contribution < -0.4 is 4.80 Å². The maximum Gasteiger partial charge on any atom is 0.249 e. The Morgan fingerprint density at radius 1 is 1.19 bits per heavy atom. The van der Waals surface area contributed by atoms with Crippen LogP contribution in [-0.2, 0) is 11.3 Å². The van der Waals surface area contributed by atoms with E-state index in [1.54, 1.807) is 23.1 Å². The van der Waals surface area contributed by atoms with E-state index in [2.05, 4.69) is 42.5 Å². The lowest BCUT2D eigenvalue weighted by molar-refractivity contribution is -0.117. The summed E-state index contributed by atoms with van der Waals surface area (Å²) in [6.07, 6.45) is 0.420. The Morgan fingerprint density at radius 3 is 2.58 bits per heavy atom. The molecule has 136 valence electrons. The molecule has 0 spiro atoms. The van der Waals surface area contributed by atoms with E-state index < -0.39 is 0 Å². The van der Waals surface area contributed by atoms with E-state index in [9.17, 15) is 4.79 Å². The summed E-state index contributed by atoms with van der Waals surface area (Å²) in [6.45, 7) is 7.11. The Kier molecular flexibility index (Phi) is 6.22. The van der Waals surface area contributed by atoms with Crippen molar-refractivity contribution in [2.75, 3.05) is 5.75 Å². The molecular formula is C20H21ClN2OS2. The van der Waals surface area contributed by atoms with Crippen molar-refractivity contribution in [1.82, 2.24) is 4.57 Å².